The van der Waals surface area contributed by atoms with Crippen LogP contribution in [0.3, 0.4) is 0 Å². The monoisotopic (exact) mass is 505 g/mol. The Bertz CT molecular complexity index is 1200. The number of aromatic nitrogens is 4. The zero-order valence-electron chi connectivity index (χ0n) is 19.4. The third-order valence-corrected chi connectivity index (χ3v) is 8.82. The van der Waals surface area contributed by atoms with Crippen molar-refractivity contribution in [1.29, 1.82) is 0 Å². The maximum absolute atomic E-state index is 12.9. The van der Waals surface area contributed by atoms with Crippen molar-refractivity contribution in [3.05, 3.63) is 20.8 Å². The molecule has 3 heterocycles. The number of imidazole rings is 1. The van der Waals surface area contributed by atoms with Crippen molar-refractivity contribution < 1.29 is 34.0 Å². The fourth-order valence-corrected chi connectivity index (χ4v) is 5.46. The number of anilines is 1. The van der Waals surface area contributed by atoms with Crippen LogP contribution in [0.15, 0.2) is 9.59 Å². The highest BCUT2D eigenvalue weighted by Gasteiger charge is 2.52. The molecule has 0 radical (unpaired) electrons. The van der Waals surface area contributed by atoms with E-state index in [2.05, 4.69) is 15.0 Å². The Morgan fingerprint density at radius 2 is 1.79 bits per heavy atom. The highest BCUT2D eigenvalue weighted by Crippen LogP contribution is 2.59. The summed E-state index contributed by atoms with van der Waals surface area (Å²) < 4.78 is 25.2. The van der Waals surface area contributed by atoms with E-state index in [4.69, 9.17) is 15.0 Å². The standard InChI is InChI=1S/C19H32N5O9P/c1-5-18(4,29)34(30,31)33-19(6-2,7-3)8-9-11(25)12(26)15(32-9)24-13-10(21-17(24)28)14(27)23-16(20)22-13/h9,11-12,15,25-26,29H,5-8H2,1-4H3,(H,21,28)(H,30,31)(H3,20,22,23,27)/t9?,11?,12-,15-,18?/m1/s1. The predicted molar refractivity (Wildman–Crippen MR) is 121 cm³/mol. The number of aromatic amines is 2. The minimum atomic E-state index is -4.52. The van der Waals surface area contributed by atoms with Gasteiger partial charge in [0.05, 0.1) is 11.7 Å². The van der Waals surface area contributed by atoms with E-state index in [1.54, 1.807) is 20.8 Å². The first-order valence-corrected chi connectivity index (χ1v) is 12.6. The maximum atomic E-state index is 12.9. The van der Waals surface area contributed by atoms with Crippen LogP contribution in [0.1, 0.15) is 59.6 Å². The fourth-order valence-electron chi connectivity index (χ4n) is 4.01. The van der Waals surface area contributed by atoms with Gasteiger partial charge >= 0.3 is 13.3 Å². The lowest BCUT2D eigenvalue weighted by atomic mass is 9.88. The maximum Gasteiger partial charge on any atom is 0.359 e. The molecule has 2 aromatic heterocycles. The molecule has 6 atom stereocenters. The summed E-state index contributed by atoms with van der Waals surface area (Å²) in [6, 6.07) is 0. The highest BCUT2D eigenvalue weighted by atomic mass is 31.2. The molecule has 0 saturated carbocycles. The van der Waals surface area contributed by atoms with E-state index < -0.39 is 54.3 Å². The Balaban J connectivity index is 1.95. The van der Waals surface area contributed by atoms with Gasteiger partial charge in [0, 0.05) is 6.42 Å². The van der Waals surface area contributed by atoms with E-state index >= 15 is 0 Å². The first kappa shape index (κ1) is 26.5. The predicted octanol–water partition coefficient (Wildman–Crippen LogP) is -0.116. The number of ether oxygens (including phenoxy) is 1. The molecule has 8 N–H and O–H groups in total. The number of nitrogen functional groups attached to an aromatic ring is 1. The van der Waals surface area contributed by atoms with Crippen molar-refractivity contribution >= 4 is 24.7 Å². The Hall–Kier alpha value is -2.06. The summed E-state index contributed by atoms with van der Waals surface area (Å²) >= 11 is 0. The van der Waals surface area contributed by atoms with Gasteiger partial charge in [0.1, 0.15) is 12.2 Å². The van der Waals surface area contributed by atoms with Crippen molar-refractivity contribution in [1.82, 2.24) is 19.5 Å². The van der Waals surface area contributed by atoms with Crippen LogP contribution in [-0.4, -0.2) is 69.0 Å². The number of hydrogen-bond acceptors (Lipinski definition) is 10. The quantitative estimate of drug-likeness (QED) is 0.222. The number of nitrogens with two attached hydrogens (primary N) is 1. The summed E-state index contributed by atoms with van der Waals surface area (Å²) in [5, 5.41) is 29.8. The first-order chi connectivity index (χ1) is 15.7. The summed E-state index contributed by atoms with van der Waals surface area (Å²) in [6.07, 6.45) is -5.38. The molecule has 192 valence electrons. The Kier molecular flexibility index (Phi) is 7.17. The molecular formula is C19H32N5O9P. The fraction of sp³-hybridized carbons (Fsp3) is 0.737. The average molecular weight is 505 g/mol. The van der Waals surface area contributed by atoms with Crippen molar-refractivity contribution in [3.8, 4) is 0 Å². The number of fused-ring (bicyclic) bond motifs is 1. The molecule has 0 spiro atoms. The number of hydrogen-bond donors (Lipinski definition) is 7. The van der Waals surface area contributed by atoms with Gasteiger partial charge in [-0.25, -0.2) is 9.36 Å². The number of nitrogens with zero attached hydrogens (tertiary/aromatic N) is 2. The summed E-state index contributed by atoms with van der Waals surface area (Å²) in [5.41, 5.74) is 2.41. The molecule has 14 nitrogen and oxygen atoms in total. The molecule has 1 fully saturated rings. The van der Waals surface area contributed by atoms with E-state index in [-0.39, 0.29) is 42.8 Å². The second-order valence-electron chi connectivity index (χ2n) is 8.77. The molecule has 1 aliphatic heterocycles. The molecule has 3 rings (SSSR count). The molecule has 0 amide bonds. The van der Waals surface area contributed by atoms with Crippen LogP contribution in [0.5, 0.6) is 0 Å². The summed E-state index contributed by atoms with van der Waals surface area (Å²) in [6.45, 7) is 6.17. The van der Waals surface area contributed by atoms with Gasteiger partial charge in [-0.2, -0.15) is 4.98 Å². The SMILES string of the molecule is CCC(CC)(CC1O[C@@H](n2c(=O)[nH]c3c(=O)[nH]c(N)nc32)[C@H](O)C1O)OP(=O)(O)C(C)(O)CC. The van der Waals surface area contributed by atoms with E-state index in [9.17, 15) is 34.4 Å². The third kappa shape index (κ3) is 4.47. The Morgan fingerprint density at radius 1 is 1.18 bits per heavy atom. The number of H-pyrrole nitrogens is 2. The second-order valence-corrected chi connectivity index (χ2v) is 11.0. The summed E-state index contributed by atoms with van der Waals surface area (Å²) in [7, 11) is -4.52. The van der Waals surface area contributed by atoms with Crippen LogP contribution in [0.25, 0.3) is 11.2 Å². The second kappa shape index (κ2) is 9.19. The minimum Gasteiger partial charge on any atom is -0.388 e. The minimum absolute atomic E-state index is 0.0353. The van der Waals surface area contributed by atoms with Crippen molar-refractivity contribution in [2.45, 2.75) is 88.9 Å². The zero-order valence-corrected chi connectivity index (χ0v) is 20.3. The molecule has 0 aliphatic carbocycles. The van der Waals surface area contributed by atoms with Gasteiger partial charge in [-0.05, 0) is 26.2 Å². The van der Waals surface area contributed by atoms with E-state index in [1.165, 1.54) is 6.92 Å². The normalized spacial score (nSPS) is 27.1. The molecule has 0 bridgehead atoms. The lowest BCUT2D eigenvalue weighted by Gasteiger charge is -2.39. The smallest absolute Gasteiger partial charge is 0.359 e. The molecule has 15 heteroatoms. The zero-order chi connectivity index (χ0) is 25.6. The summed E-state index contributed by atoms with van der Waals surface area (Å²) in [4.78, 5) is 43.6. The van der Waals surface area contributed by atoms with E-state index in [1.807, 2.05) is 0 Å². The van der Waals surface area contributed by atoms with Crippen molar-refractivity contribution in [2.75, 3.05) is 5.73 Å². The van der Waals surface area contributed by atoms with Crippen LogP contribution in [0.2, 0.25) is 0 Å². The lowest BCUT2D eigenvalue weighted by Crippen LogP contribution is -2.41. The Labute approximate surface area is 194 Å². The van der Waals surface area contributed by atoms with Crippen LogP contribution in [0.4, 0.5) is 5.95 Å². The molecule has 4 unspecified atom stereocenters. The van der Waals surface area contributed by atoms with Crippen LogP contribution < -0.4 is 17.0 Å². The number of aliphatic hydroxyl groups excluding tert-OH is 2. The summed E-state index contributed by atoms with van der Waals surface area (Å²) in [5.74, 6) is -0.263. The molecule has 2 aromatic rings. The van der Waals surface area contributed by atoms with Gasteiger partial charge in [-0.15, -0.1) is 0 Å². The van der Waals surface area contributed by atoms with Crippen LogP contribution in [-0.2, 0) is 13.8 Å². The molecule has 34 heavy (non-hydrogen) atoms. The largest absolute Gasteiger partial charge is 0.388 e. The van der Waals surface area contributed by atoms with Gasteiger partial charge in [0.2, 0.25) is 5.95 Å². The van der Waals surface area contributed by atoms with Crippen molar-refractivity contribution in [3.63, 3.8) is 0 Å². The third-order valence-electron chi connectivity index (χ3n) is 6.65. The van der Waals surface area contributed by atoms with Gasteiger partial charge < -0.3 is 30.7 Å². The van der Waals surface area contributed by atoms with E-state index in [0.29, 0.717) is 0 Å². The van der Waals surface area contributed by atoms with Crippen LogP contribution in [0, 0.1) is 0 Å². The number of rotatable bonds is 9. The van der Waals surface area contributed by atoms with Gasteiger partial charge in [0.25, 0.3) is 5.56 Å². The first-order valence-electron chi connectivity index (χ1n) is 11.0. The molecule has 1 aliphatic rings. The number of nitrogens with one attached hydrogen (secondary N) is 2. The molecule has 0 aromatic carbocycles. The van der Waals surface area contributed by atoms with Crippen LogP contribution >= 0.6 is 7.60 Å². The number of aliphatic hydroxyl groups is 3. The molecular weight excluding hydrogens is 473 g/mol. The topological polar surface area (TPSA) is 226 Å². The van der Waals surface area contributed by atoms with Gasteiger partial charge in [0.15, 0.2) is 22.7 Å². The highest BCUT2D eigenvalue weighted by molar-refractivity contribution is 7.54. The lowest BCUT2D eigenvalue weighted by molar-refractivity contribution is -0.0760. The molecule has 1 saturated heterocycles. The van der Waals surface area contributed by atoms with Gasteiger partial charge in [-0.3, -0.25) is 23.9 Å². The van der Waals surface area contributed by atoms with Gasteiger partial charge in [-0.1, -0.05) is 20.8 Å². The average Bonchev–Trinajstić information content (AvgIpc) is 3.23. The van der Waals surface area contributed by atoms with E-state index in [0.717, 1.165) is 4.57 Å². The Morgan fingerprint density at radius 3 is 2.35 bits per heavy atom. The van der Waals surface area contributed by atoms with Crippen molar-refractivity contribution in [2.24, 2.45) is 0 Å².